The molecule has 1 aliphatic heterocycles. The average Bonchev–Trinajstić information content (AvgIpc) is 2.90. The van der Waals surface area contributed by atoms with Gasteiger partial charge in [-0.3, -0.25) is 9.78 Å². The number of benzene rings is 2. The zero-order valence-corrected chi connectivity index (χ0v) is 21.4. The second kappa shape index (κ2) is 12.3. The fourth-order valence-electron chi connectivity index (χ4n) is 5.41. The summed E-state index contributed by atoms with van der Waals surface area (Å²) in [6, 6.07) is 16.2. The Morgan fingerprint density at radius 3 is 2.72 bits per heavy atom. The number of hydrogen-bond donors (Lipinski definition) is 2. The molecule has 3 atom stereocenters. The van der Waals surface area contributed by atoms with E-state index in [4.69, 9.17) is 4.74 Å². The van der Waals surface area contributed by atoms with Gasteiger partial charge in [0.05, 0.1) is 24.6 Å². The molecule has 0 saturated carbocycles. The quantitative estimate of drug-likeness (QED) is 0.350. The van der Waals surface area contributed by atoms with Crippen molar-refractivity contribution in [2.75, 3.05) is 26.7 Å². The highest BCUT2D eigenvalue weighted by Gasteiger charge is 2.34. The van der Waals surface area contributed by atoms with E-state index < -0.39 is 18.0 Å². The number of aryl methyl sites for hydroxylation is 2. The van der Waals surface area contributed by atoms with Gasteiger partial charge >= 0.3 is 5.97 Å². The topological polar surface area (TPSA) is 82.9 Å². The van der Waals surface area contributed by atoms with Gasteiger partial charge in [0.25, 0.3) is 0 Å². The van der Waals surface area contributed by atoms with E-state index >= 15 is 0 Å². The van der Waals surface area contributed by atoms with Crippen LogP contribution in [0.1, 0.15) is 54.9 Å². The zero-order valence-electron chi connectivity index (χ0n) is 21.4. The molecule has 6 heteroatoms. The van der Waals surface area contributed by atoms with E-state index in [0.29, 0.717) is 19.4 Å². The lowest BCUT2D eigenvalue weighted by atomic mass is 9.81. The van der Waals surface area contributed by atoms with E-state index in [-0.39, 0.29) is 5.92 Å². The van der Waals surface area contributed by atoms with Crippen LogP contribution in [0.15, 0.2) is 54.7 Å². The van der Waals surface area contributed by atoms with Gasteiger partial charge in [0, 0.05) is 18.1 Å². The number of ether oxygens (including phenoxy) is 1. The number of pyridine rings is 1. The second-order valence-corrected chi connectivity index (χ2v) is 10.1. The van der Waals surface area contributed by atoms with Crippen molar-refractivity contribution in [1.82, 2.24) is 9.88 Å². The molecular formula is C30H38N2O4. The molecule has 3 aromatic rings. The van der Waals surface area contributed by atoms with E-state index in [9.17, 15) is 15.0 Å². The first kappa shape index (κ1) is 26.1. The number of carboxylic acid groups (broad SMARTS) is 1. The summed E-state index contributed by atoms with van der Waals surface area (Å²) in [5.74, 6) is -0.319. The fourth-order valence-corrected chi connectivity index (χ4v) is 5.41. The van der Waals surface area contributed by atoms with E-state index in [1.54, 1.807) is 13.3 Å². The molecule has 0 aliphatic carbocycles. The van der Waals surface area contributed by atoms with Crippen LogP contribution in [0.2, 0.25) is 0 Å². The molecule has 0 spiro atoms. The Morgan fingerprint density at radius 1 is 1.17 bits per heavy atom. The number of nitrogens with zero attached hydrogens (tertiary/aromatic N) is 2. The summed E-state index contributed by atoms with van der Waals surface area (Å²) in [6.45, 7) is 4.56. The highest BCUT2D eigenvalue weighted by Crippen LogP contribution is 2.33. The van der Waals surface area contributed by atoms with Crippen LogP contribution in [0.4, 0.5) is 0 Å². The second-order valence-electron chi connectivity index (χ2n) is 10.1. The van der Waals surface area contributed by atoms with Crippen LogP contribution in [0.5, 0.6) is 5.75 Å². The van der Waals surface area contributed by atoms with Gasteiger partial charge in [-0.1, -0.05) is 29.8 Å². The van der Waals surface area contributed by atoms with Crippen molar-refractivity contribution in [2.45, 2.75) is 51.6 Å². The molecule has 1 aliphatic rings. The third-order valence-corrected chi connectivity index (χ3v) is 7.62. The average molecular weight is 491 g/mol. The van der Waals surface area contributed by atoms with Gasteiger partial charge in [0.2, 0.25) is 0 Å². The summed E-state index contributed by atoms with van der Waals surface area (Å²) >= 11 is 0. The van der Waals surface area contributed by atoms with Crippen LogP contribution < -0.4 is 4.74 Å². The molecule has 1 aromatic heterocycles. The summed E-state index contributed by atoms with van der Waals surface area (Å²) in [7, 11) is 1.62. The minimum absolute atomic E-state index is 0.0728. The van der Waals surface area contributed by atoms with Gasteiger partial charge in [0.1, 0.15) is 5.75 Å². The Morgan fingerprint density at radius 2 is 1.97 bits per heavy atom. The lowest BCUT2D eigenvalue weighted by molar-refractivity contribution is -0.146. The standard InChI is InChI=1S/C30H38N2O4/c1-21-6-8-22(9-7-21)5-3-4-17-32-18-15-23(27(20-32)30(34)35)10-13-29(33)25-14-16-31-28-12-11-24(36-2)19-26(25)28/h6-9,11-12,14,16,19,23,27,29,33H,3-5,10,13,15,17-18,20H2,1-2H3,(H,34,35)/t23-,27+,29?/m1/s1. The summed E-state index contributed by atoms with van der Waals surface area (Å²) in [6.07, 6.45) is 6.36. The van der Waals surface area contributed by atoms with Gasteiger partial charge < -0.3 is 19.8 Å². The number of aliphatic hydroxyl groups excluding tert-OH is 1. The van der Waals surface area contributed by atoms with Crippen LogP contribution in [0.25, 0.3) is 10.9 Å². The highest BCUT2D eigenvalue weighted by atomic mass is 16.5. The van der Waals surface area contributed by atoms with Gasteiger partial charge in [0.15, 0.2) is 0 Å². The van der Waals surface area contributed by atoms with Crippen LogP contribution in [0, 0.1) is 18.8 Å². The molecule has 36 heavy (non-hydrogen) atoms. The Kier molecular flexibility index (Phi) is 8.94. The number of aromatic nitrogens is 1. The smallest absolute Gasteiger partial charge is 0.308 e. The van der Waals surface area contributed by atoms with Crippen LogP contribution in [0.3, 0.4) is 0 Å². The lowest BCUT2D eigenvalue weighted by Crippen LogP contribution is -2.44. The third kappa shape index (κ3) is 6.62. The molecule has 0 radical (unpaired) electrons. The predicted molar refractivity (Wildman–Crippen MR) is 142 cm³/mol. The molecule has 2 heterocycles. The number of aliphatic carboxylic acids is 1. The number of methoxy groups -OCH3 is 1. The Hall–Kier alpha value is -2.96. The Labute approximate surface area is 213 Å². The third-order valence-electron chi connectivity index (χ3n) is 7.62. The van der Waals surface area contributed by atoms with Gasteiger partial charge in [-0.15, -0.1) is 0 Å². The number of hydrogen-bond acceptors (Lipinski definition) is 5. The van der Waals surface area contributed by atoms with Crippen LogP contribution >= 0.6 is 0 Å². The number of piperidine rings is 1. The molecule has 0 amide bonds. The van der Waals surface area contributed by atoms with Crippen molar-refractivity contribution >= 4 is 16.9 Å². The summed E-state index contributed by atoms with van der Waals surface area (Å²) in [4.78, 5) is 18.8. The number of unbranched alkanes of at least 4 members (excludes halogenated alkanes) is 1. The monoisotopic (exact) mass is 490 g/mol. The molecule has 1 saturated heterocycles. The number of rotatable bonds is 11. The van der Waals surface area contributed by atoms with Gasteiger partial charge in [-0.2, -0.15) is 0 Å². The first-order chi connectivity index (χ1) is 17.4. The van der Waals surface area contributed by atoms with Crippen molar-refractivity contribution in [3.63, 3.8) is 0 Å². The molecule has 6 nitrogen and oxygen atoms in total. The van der Waals surface area contributed by atoms with Crippen molar-refractivity contribution in [1.29, 1.82) is 0 Å². The number of fused-ring (bicyclic) bond motifs is 1. The number of carbonyl (C=O) groups is 1. The van der Waals surface area contributed by atoms with Gasteiger partial charge in [-0.05, 0) is 99.8 Å². The molecule has 1 fully saturated rings. The largest absolute Gasteiger partial charge is 0.497 e. The Bertz CT molecular complexity index is 1150. The normalized spacial score (nSPS) is 19.3. The van der Waals surface area contributed by atoms with Crippen LogP contribution in [-0.2, 0) is 11.2 Å². The number of aliphatic hydroxyl groups is 1. The van der Waals surface area contributed by atoms with E-state index in [0.717, 1.165) is 61.0 Å². The van der Waals surface area contributed by atoms with E-state index in [2.05, 4.69) is 41.1 Å². The molecule has 2 N–H and O–H groups in total. The van der Waals surface area contributed by atoms with E-state index in [1.165, 1.54) is 11.1 Å². The van der Waals surface area contributed by atoms with Crippen molar-refractivity contribution in [3.05, 3.63) is 71.4 Å². The molecule has 192 valence electrons. The molecule has 0 bridgehead atoms. The maximum absolute atomic E-state index is 12.1. The maximum atomic E-state index is 12.1. The molecular weight excluding hydrogens is 452 g/mol. The molecule has 1 unspecified atom stereocenters. The zero-order chi connectivity index (χ0) is 25.5. The van der Waals surface area contributed by atoms with Crippen molar-refractivity contribution in [2.24, 2.45) is 11.8 Å². The van der Waals surface area contributed by atoms with Gasteiger partial charge in [-0.25, -0.2) is 0 Å². The molecule has 2 aromatic carbocycles. The fraction of sp³-hybridized carbons (Fsp3) is 0.467. The first-order valence-corrected chi connectivity index (χ1v) is 13.1. The SMILES string of the molecule is COc1ccc2nccc(C(O)CC[C@@H]3CCN(CCCCc4ccc(C)cc4)C[C@@H]3C(=O)O)c2c1. The number of likely N-dealkylation sites (tertiary alicyclic amines) is 1. The predicted octanol–water partition coefficient (Wildman–Crippen LogP) is 5.41. The minimum Gasteiger partial charge on any atom is -0.497 e. The summed E-state index contributed by atoms with van der Waals surface area (Å²) in [5.41, 5.74) is 4.27. The van der Waals surface area contributed by atoms with Crippen molar-refractivity contribution < 1.29 is 19.7 Å². The molecule has 4 rings (SSSR count). The Balaban J connectivity index is 1.29. The van der Waals surface area contributed by atoms with Crippen LogP contribution in [-0.4, -0.2) is 52.8 Å². The highest BCUT2D eigenvalue weighted by molar-refractivity contribution is 5.83. The maximum Gasteiger partial charge on any atom is 0.308 e. The van der Waals surface area contributed by atoms with E-state index in [1.807, 2.05) is 24.3 Å². The van der Waals surface area contributed by atoms with Crippen molar-refractivity contribution in [3.8, 4) is 5.75 Å². The first-order valence-electron chi connectivity index (χ1n) is 13.1. The lowest BCUT2D eigenvalue weighted by Gasteiger charge is -2.37. The minimum atomic E-state index is -0.724. The number of carboxylic acids is 1. The summed E-state index contributed by atoms with van der Waals surface area (Å²) < 4.78 is 5.35. The summed E-state index contributed by atoms with van der Waals surface area (Å²) in [5, 5.41) is 21.8.